The number of nitro benzene ring substituents is 1. The van der Waals surface area contributed by atoms with E-state index in [1.165, 1.54) is 18.1 Å². The van der Waals surface area contributed by atoms with Crippen molar-refractivity contribution in [3.8, 4) is 5.75 Å². The Morgan fingerprint density at radius 2 is 2.35 bits per heavy atom. The van der Waals surface area contributed by atoms with E-state index >= 15 is 0 Å². The van der Waals surface area contributed by atoms with Gasteiger partial charge in [-0.05, 0) is 36.8 Å². The maximum Gasteiger partial charge on any atom is 0.295 e. The third-order valence-electron chi connectivity index (χ3n) is 4.61. The van der Waals surface area contributed by atoms with E-state index in [1.54, 1.807) is 11.3 Å². The summed E-state index contributed by atoms with van der Waals surface area (Å²) in [5.41, 5.74) is 0.0261. The zero-order valence-corrected chi connectivity index (χ0v) is 15.4. The van der Waals surface area contributed by atoms with Gasteiger partial charge in [-0.2, -0.15) is 0 Å². The van der Waals surface area contributed by atoms with Gasteiger partial charge in [-0.1, -0.05) is 6.07 Å². The molecule has 0 aliphatic carbocycles. The molecule has 1 saturated heterocycles. The number of hydrogen-bond acceptors (Lipinski definition) is 6. The minimum absolute atomic E-state index is 0.000987. The van der Waals surface area contributed by atoms with E-state index in [9.17, 15) is 14.5 Å². The van der Waals surface area contributed by atoms with Crippen LogP contribution in [0.5, 0.6) is 5.75 Å². The monoisotopic (exact) mass is 379 g/mol. The van der Waals surface area contributed by atoms with Crippen LogP contribution in [0.25, 0.3) is 0 Å². The first-order valence-corrected chi connectivity index (χ1v) is 9.45. The summed E-state index contributed by atoms with van der Waals surface area (Å²) in [6.45, 7) is 3.56. The molecule has 1 atom stereocenters. The molecule has 1 unspecified atom stereocenters. The highest BCUT2D eigenvalue weighted by Crippen LogP contribution is 2.32. The Labute approximate surface area is 155 Å². The van der Waals surface area contributed by atoms with E-state index in [2.05, 4.69) is 27.7 Å². The average Bonchev–Trinajstić information content (AvgIpc) is 3.13. The third kappa shape index (κ3) is 4.50. The van der Waals surface area contributed by atoms with Gasteiger partial charge in [-0.15, -0.1) is 11.3 Å². The Bertz CT molecular complexity index is 754. The van der Waals surface area contributed by atoms with Crippen molar-refractivity contribution in [1.29, 1.82) is 0 Å². The van der Waals surface area contributed by atoms with Crippen LogP contribution in [0.3, 0.4) is 0 Å². The maximum atomic E-state index is 13.8. The normalized spacial score (nSPS) is 17.8. The van der Waals surface area contributed by atoms with E-state index in [0.717, 1.165) is 38.5 Å². The fourth-order valence-electron chi connectivity index (χ4n) is 3.33. The van der Waals surface area contributed by atoms with E-state index in [1.807, 2.05) is 0 Å². The molecule has 3 rings (SSSR count). The summed E-state index contributed by atoms with van der Waals surface area (Å²) < 4.78 is 18.7. The molecular formula is C18H22FN3O3S. The molecular weight excluding hydrogens is 357 g/mol. The largest absolute Gasteiger partial charge is 0.494 e. The van der Waals surface area contributed by atoms with E-state index in [4.69, 9.17) is 4.74 Å². The minimum Gasteiger partial charge on any atom is -0.494 e. The lowest BCUT2D eigenvalue weighted by Gasteiger charge is -2.32. The van der Waals surface area contributed by atoms with Crippen LogP contribution in [0.15, 0.2) is 29.6 Å². The summed E-state index contributed by atoms with van der Waals surface area (Å²) in [4.78, 5) is 14.4. The second-order valence-corrected chi connectivity index (χ2v) is 7.50. The summed E-state index contributed by atoms with van der Waals surface area (Å²) in [5.74, 6) is -0.343. The first kappa shape index (κ1) is 18.6. The highest BCUT2D eigenvalue weighted by atomic mass is 32.1. The highest BCUT2D eigenvalue weighted by molar-refractivity contribution is 7.09. The van der Waals surface area contributed by atoms with Crippen molar-refractivity contribution < 1.29 is 14.1 Å². The number of piperidine rings is 1. The fourth-order valence-corrected chi connectivity index (χ4v) is 4.08. The zero-order valence-electron chi connectivity index (χ0n) is 14.6. The second-order valence-electron chi connectivity index (χ2n) is 6.46. The van der Waals surface area contributed by atoms with Gasteiger partial charge in [0, 0.05) is 30.6 Å². The van der Waals surface area contributed by atoms with Crippen molar-refractivity contribution in [3.05, 3.63) is 50.5 Å². The number of nitro groups is 1. The van der Waals surface area contributed by atoms with Crippen molar-refractivity contribution in [2.75, 3.05) is 32.1 Å². The molecule has 0 radical (unpaired) electrons. The molecule has 0 saturated carbocycles. The molecule has 2 heterocycles. The third-order valence-corrected chi connectivity index (χ3v) is 5.47. The van der Waals surface area contributed by atoms with Crippen molar-refractivity contribution in [2.24, 2.45) is 5.92 Å². The number of rotatable bonds is 7. The summed E-state index contributed by atoms with van der Waals surface area (Å²) in [6.07, 6.45) is 2.17. The van der Waals surface area contributed by atoms with Gasteiger partial charge in [-0.25, -0.2) is 4.39 Å². The summed E-state index contributed by atoms with van der Waals surface area (Å²) in [6, 6.07) is 6.47. The van der Waals surface area contributed by atoms with Crippen molar-refractivity contribution in [2.45, 2.75) is 19.4 Å². The van der Waals surface area contributed by atoms with Crippen LogP contribution in [0.4, 0.5) is 15.8 Å². The number of methoxy groups -OCH3 is 1. The van der Waals surface area contributed by atoms with Crippen LogP contribution in [0, 0.1) is 21.8 Å². The predicted molar refractivity (Wildman–Crippen MR) is 100 cm³/mol. The lowest BCUT2D eigenvalue weighted by atomic mass is 9.97. The number of ether oxygens (including phenoxy) is 1. The lowest BCUT2D eigenvalue weighted by Crippen LogP contribution is -2.37. The van der Waals surface area contributed by atoms with E-state index in [-0.39, 0.29) is 11.4 Å². The Morgan fingerprint density at radius 3 is 3.04 bits per heavy atom. The van der Waals surface area contributed by atoms with Crippen LogP contribution in [0.2, 0.25) is 0 Å². The molecule has 1 fully saturated rings. The van der Waals surface area contributed by atoms with Crippen molar-refractivity contribution in [1.82, 2.24) is 4.90 Å². The van der Waals surface area contributed by atoms with Gasteiger partial charge >= 0.3 is 0 Å². The Kier molecular flexibility index (Phi) is 6.05. The first-order valence-electron chi connectivity index (χ1n) is 8.57. The Hall–Kier alpha value is -2.19. The molecule has 0 spiro atoms. The Morgan fingerprint density at radius 1 is 1.50 bits per heavy atom. The van der Waals surface area contributed by atoms with Crippen LogP contribution in [-0.4, -0.2) is 36.6 Å². The summed E-state index contributed by atoms with van der Waals surface area (Å²) in [7, 11) is 1.34. The molecule has 1 aliphatic heterocycles. The predicted octanol–water partition coefficient (Wildman–Crippen LogP) is 4.13. The molecule has 140 valence electrons. The highest BCUT2D eigenvalue weighted by Gasteiger charge is 2.23. The number of nitrogens with one attached hydrogen (secondary N) is 1. The molecule has 0 amide bonds. The second kappa shape index (κ2) is 8.46. The van der Waals surface area contributed by atoms with Gasteiger partial charge in [0.15, 0.2) is 11.6 Å². The average molecular weight is 379 g/mol. The molecule has 2 aromatic rings. The number of halogens is 1. The van der Waals surface area contributed by atoms with Gasteiger partial charge in [0.1, 0.15) is 5.69 Å². The zero-order chi connectivity index (χ0) is 18.5. The SMILES string of the molecule is COc1cc(NCC2CCCN(Cc3cccs3)C2)c([N+](=O)[O-])cc1F. The molecule has 1 N–H and O–H groups in total. The molecule has 1 aromatic carbocycles. The molecule has 1 aromatic heterocycles. The van der Waals surface area contributed by atoms with Crippen LogP contribution >= 0.6 is 11.3 Å². The smallest absolute Gasteiger partial charge is 0.295 e. The van der Waals surface area contributed by atoms with Crippen LogP contribution in [0.1, 0.15) is 17.7 Å². The van der Waals surface area contributed by atoms with Crippen molar-refractivity contribution in [3.63, 3.8) is 0 Å². The quantitative estimate of drug-likeness (QED) is 0.579. The maximum absolute atomic E-state index is 13.8. The van der Waals surface area contributed by atoms with Gasteiger partial charge < -0.3 is 10.1 Å². The number of thiophene rings is 1. The number of anilines is 1. The molecule has 1 aliphatic rings. The Balaban J connectivity index is 1.63. The standard InChI is InChI=1S/C18H22FN3O3S/c1-25-18-9-16(17(22(23)24)8-15(18)19)20-10-13-4-2-6-21(11-13)12-14-5-3-7-26-14/h3,5,7-9,13,20H,2,4,6,10-12H2,1H3. The van der Waals surface area contributed by atoms with Gasteiger partial charge in [0.2, 0.25) is 0 Å². The molecule has 6 nitrogen and oxygen atoms in total. The summed E-state index contributed by atoms with van der Waals surface area (Å²) >= 11 is 1.76. The topological polar surface area (TPSA) is 67.6 Å². The number of hydrogen-bond donors (Lipinski definition) is 1. The lowest BCUT2D eigenvalue weighted by molar-refractivity contribution is -0.384. The number of likely N-dealkylation sites (tertiary alicyclic amines) is 1. The minimum atomic E-state index is -0.732. The van der Waals surface area contributed by atoms with Crippen LogP contribution in [-0.2, 0) is 6.54 Å². The van der Waals surface area contributed by atoms with Crippen LogP contribution < -0.4 is 10.1 Å². The summed E-state index contributed by atoms with van der Waals surface area (Å²) in [5, 5.41) is 16.4. The number of benzene rings is 1. The molecule has 0 bridgehead atoms. The molecule has 26 heavy (non-hydrogen) atoms. The van der Waals surface area contributed by atoms with Gasteiger partial charge in [0.25, 0.3) is 5.69 Å². The number of nitrogens with zero attached hydrogens (tertiary/aromatic N) is 2. The van der Waals surface area contributed by atoms with Gasteiger partial charge in [0.05, 0.1) is 18.1 Å². The van der Waals surface area contributed by atoms with Crippen molar-refractivity contribution >= 4 is 22.7 Å². The van der Waals surface area contributed by atoms with E-state index in [0.29, 0.717) is 18.2 Å². The van der Waals surface area contributed by atoms with E-state index < -0.39 is 10.7 Å². The first-order chi connectivity index (χ1) is 12.6. The molecule has 8 heteroatoms. The van der Waals surface area contributed by atoms with Gasteiger partial charge in [-0.3, -0.25) is 15.0 Å². The fraction of sp³-hybridized carbons (Fsp3) is 0.444.